The van der Waals surface area contributed by atoms with Gasteiger partial charge in [-0.3, -0.25) is 0 Å². The lowest BCUT2D eigenvalue weighted by atomic mass is 9.49. The number of rotatable bonds is 2. The van der Waals surface area contributed by atoms with E-state index in [9.17, 15) is 0 Å². The minimum atomic E-state index is 0.0976. The van der Waals surface area contributed by atoms with Gasteiger partial charge in [-0.1, -0.05) is 6.42 Å². The van der Waals surface area contributed by atoms with E-state index in [2.05, 4.69) is 5.32 Å². The van der Waals surface area contributed by atoms with Crippen molar-refractivity contribution in [2.75, 3.05) is 13.7 Å². The molecule has 0 heterocycles. The average Bonchev–Trinajstić information content (AvgIpc) is 1.85. The van der Waals surface area contributed by atoms with Crippen molar-refractivity contribution in [3.05, 3.63) is 0 Å². The molecule has 0 aromatic heterocycles. The van der Waals surface area contributed by atoms with Crippen LogP contribution in [0.4, 0.5) is 0 Å². The molecule has 2 saturated carbocycles. The summed E-state index contributed by atoms with van der Waals surface area (Å²) in [7, 11) is 1.96. The minimum Gasteiger partial charge on any atom is -0.394 e. The molecule has 0 unspecified atom stereocenters. The van der Waals surface area contributed by atoms with Crippen molar-refractivity contribution in [2.24, 2.45) is 5.41 Å². The summed E-state index contributed by atoms with van der Waals surface area (Å²) in [4.78, 5) is 0. The van der Waals surface area contributed by atoms with E-state index in [4.69, 9.17) is 5.11 Å². The summed E-state index contributed by atoms with van der Waals surface area (Å²) in [6.07, 6.45) is 6.61. The Morgan fingerprint density at radius 2 is 2.00 bits per heavy atom. The summed E-state index contributed by atoms with van der Waals surface area (Å²) in [5.41, 5.74) is 0.756. The molecule has 64 valence electrons. The number of hydrogen-bond donors (Lipinski definition) is 2. The lowest BCUT2D eigenvalue weighted by molar-refractivity contribution is -0.0810. The maximum Gasteiger partial charge on any atom is 0.0613 e. The summed E-state index contributed by atoms with van der Waals surface area (Å²) >= 11 is 0. The Morgan fingerprint density at radius 3 is 2.27 bits per heavy atom. The van der Waals surface area contributed by atoms with Crippen molar-refractivity contribution in [2.45, 2.75) is 37.6 Å². The van der Waals surface area contributed by atoms with Crippen LogP contribution in [0.25, 0.3) is 0 Å². The third-order valence-corrected chi connectivity index (χ3v) is 3.67. The molecule has 0 atom stereocenters. The van der Waals surface area contributed by atoms with Crippen LogP contribution in [0, 0.1) is 5.41 Å². The molecular formula is C9H17NO. The zero-order valence-corrected chi connectivity index (χ0v) is 7.19. The highest BCUT2D eigenvalue weighted by Gasteiger charge is 2.55. The van der Waals surface area contributed by atoms with E-state index in [1.54, 1.807) is 0 Å². The maximum atomic E-state index is 9.13. The third kappa shape index (κ3) is 0.926. The van der Waals surface area contributed by atoms with Gasteiger partial charge in [0.25, 0.3) is 0 Å². The van der Waals surface area contributed by atoms with Crippen molar-refractivity contribution >= 4 is 0 Å². The molecule has 0 saturated heterocycles. The first-order valence-electron chi connectivity index (χ1n) is 4.54. The van der Waals surface area contributed by atoms with Gasteiger partial charge < -0.3 is 10.4 Å². The van der Waals surface area contributed by atoms with E-state index < -0.39 is 0 Å². The quantitative estimate of drug-likeness (QED) is 0.621. The minimum absolute atomic E-state index is 0.0976. The molecule has 2 aliphatic carbocycles. The molecule has 2 N–H and O–H groups in total. The Bertz CT molecular complexity index is 149. The predicted octanol–water partition coefficient (Wildman–Crippen LogP) is 0.901. The van der Waals surface area contributed by atoms with Crippen LogP contribution in [-0.4, -0.2) is 24.3 Å². The highest BCUT2D eigenvalue weighted by molar-refractivity contribution is 5.11. The van der Waals surface area contributed by atoms with Gasteiger partial charge in [0.15, 0.2) is 0 Å². The maximum absolute atomic E-state index is 9.13. The first-order valence-corrected chi connectivity index (χ1v) is 4.54. The van der Waals surface area contributed by atoms with E-state index in [1.165, 1.54) is 32.1 Å². The second kappa shape index (κ2) is 2.20. The topological polar surface area (TPSA) is 32.3 Å². The van der Waals surface area contributed by atoms with Gasteiger partial charge in [-0.15, -0.1) is 0 Å². The first kappa shape index (κ1) is 7.56. The summed E-state index contributed by atoms with van der Waals surface area (Å²) in [5.74, 6) is 0. The normalized spacial score (nSPS) is 31.1. The van der Waals surface area contributed by atoms with Crippen LogP contribution in [0.3, 0.4) is 0 Å². The molecule has 2 fully saturated rings. The first-order chi connectivity index (χ1) is 5.24. The van der Waals surface area contributed by atoms with Gasteiger partial charge >= 0.3 is 0 Å². The Morgan fingerprint density at radius 1 is 1.36 bits per heavy atom. The standard InChI is InChI=1S/C9H17NO/c1-10-9(7-11)5-8(6-9)3-2-4-8/h10-11H,2-7H2,1H3. The smallest absolute Gasteiger partial charge is 0.0613 e. The van der Waals surface area contributed by atoms with Gasteiger partial charge in [0.2, 0.25) is 0 Å². The van der Waals surface area contributed by atoms with Crippen molar-refractivity contribution < 1.29 is 5.11 Å². The van der Waals surface area contributed by atoms with Crippen LogP contribution >= 0.6 is 0 Å². The van der Waals surface area contributed by atoms with Crippen LogP contribution in [-0.2, 0) is 0 Å². The van der Waals surface area contributed by atoms with Crippen molar-refractivity contribution in [1.82, 2.24) is 5.32 Å². The lowest BCUT2D eigenvalue weighted by Gasteiger charge is -2.60. The fraction of sp³-hybridized carbons (Fsp3) is 1.00. The van der Waals surface area contributed by atoms with Crippen LogP contribution in [0.1, 0.15) is 32.1 Å². The highest BCUT2D eigenvalue weighted by Crippen LogP contribution is 2.59. The summed E-state index contributed by atoms with van der Waals surface area (Å²) in [6.45, 7) is 0.311. The Hall–Kier alpha value is -0.0800. The molecule has 2 heteroatoms. The van der Waals surface area contributed by atoms with Crippen molar-refractivity contribution in [3.63, 3.8) is 0 Å². The Kier molecular flexibility index (Phi) is 1.52. The van der Waals surface area contributed by atoms with E-state index >= 15 is 0 Å². The molecule has 2 aliphatic rings. The molecule has 2 nitrogen and oxygen atoms in total. The molecule has 11 heavy (non-hydrogen) atoms. The summed E-state index contributed by atoms with van der Waals surface area (Å²) in [6, 6.07) is 0. The van der Waals surface area contributed by atoms with Gasteiger partial charge in [-0.05, 0) is 38.1 Å². The molecule has 0 radical (unpaired) electrons. The lowest BCUT2D eigenvalue weighted by Crippen LogP contribution is -2.63. The Labute approximate surface area is 68.0 Å². The van der Waals surface area contributed by atoms with Gasteiger partial charge in [0, 0.05) is 5.54 Å². The molecule has 0 amide bonds. The van der Waals surface area contributed by atoms with Crippen LogP contribution in [0.2, 0.25) is 0 Å². The Balaban J connectivity index is 1.93. The highest BCUT2D eigenvalue weighted by atomic mass is 16.3. The number of hydrogen-bond acceptors (Lipinski definition) is 2. The zero-order chi connectivity index (χ0) is 7.95. The number of nitrogens with one attached hydrogen (secondary N) is 1. The van der Waals surface area contributed by atoms with Crippen LogP contribution in [0.5, 0.6) is 0 Å². The van der Waals surface area contributed by atoms with E-state index in [-0.39, 0.29) is 5.54 Å². The summed E-state index contributed by atoms with van der Waals surface area (Å²) < 4.78 is 0. The monoisotopic (exact) mass is 155 g/mol. The average molecular weight is 155 g/mol. The van der Waals surface area contributed by atoms with Crippen LogP contribution in [0.15, 0.2) is 0 Å². The van der Waals surface area contributed by atoms with Gasteiger partial charge in [0.05, 0.1) is 6.61 Å². The zero-order valence-electron chi connectivity index (χ0n) is 7.19. The van der Waals surface area contributed by atoms with Crippen molar-refractivity contribution in [3.8, 4) is 0 Å². The van der Waals surface area contributed by atoms with Crippen LogP contribution < -0.4 is 5.32 Å². The number of likely N-dealkylation sites (N-methyl/N-ethyl adjacent to an activating group) is 1. The second-order valence-corrected chi connectivity index (χ2v) is 4.40. The molecule has 1 spiro atoms. The number of aliphatic hydroxyl groups excluding tert-OH is 1. The number of aliphatic hydroxyl groups is 1. The second-order valence-electron chi connectivity index (χ2n) is 4.40. The van der Waals surface area contributed by atoms with Crippen molar-refractivity contribution in [1.29, 1.82) is 0 Å². The van der Waals surface area contributed by atoms with Gasteiger partial charge in [0.1, 0.15) is 0 Å². The summed E-state index contributed by atoms with van der Waals surface area (Å²) in [5, 5.41) is 12.4. The largest absolute Gasteiger partial charge is 0.394 e. The van der Waals surface area contributed by atoms with E-state index in [1.807, 2.05) is 7.05 Å². The van der Waals surface area contributed by atoms with E-state index in [0.29, 0.717) is 12.0 Å². The fourth-order valence-corrected chi connectivity index (χ4v) is 2.78. The fourth-order valence-electron chi connectivity index (χ4n) is 2.78. The molecule has 0 aromatic rings. The molecule has 0 aliphatic heterocycles. The third-order valence-electron chi connectivity index (χ3n) is 3.67. The predicted molar refractivity (Wildman–Crippen MR) is 44.4 cm³/mol. The SMILES string of the molecule is CNC1(CO)CC2(CCC2)C1. The van der Waals surface area contributed by atoms with E-state index in [0.717, 1.165) is 0 Å². The molecule has 2 rings (SSSR count). The van der Waals surface area contributed by atoms with Gasteiger partial charge in [-0.2, -0.15) is 0 Å². The molecular weight excluding hydrogens is 138 g/mol. The molecule has 0 bridgehead atoms. The van der Waals surface area contributed by atoms with Gasteiger partial charge in [-0.25, -0.2) is 0 Å². The molecule has 0 aromatic carbocycles.